The Morgan fingerprint density at radius 3 is 2.58 bits per heavy atom. The van der Waals surface area contributed by atoms with Crippen LogP contribution in [-0.4, -0.2) is 48.8 Å². The van der Waals surface area contributed by atoms with Crippen LogP contribution in [0.1, 0.15) is 6.42 Å². The predicted octanol–water partition coefficient (Wildman–Crippen LogP) is 2.57. The van der Waals surface area contributed by atoms with E-state index < -0.39 is 11.9 Å². The number of hydrogen-bond acceptors (Lipinski definition) is 5. The summed E-state index contributed by atoms with van der Waals surface area (Å²) < 4.78 is 25.0. The van der Waals surface area contributed by atoms with Crippen molar-refractivity contribution in [2.24, 2.45) is 0 Å². The molecule has 7 heteroatoms. The Morgan fingerprint density at radius 1 is 1.15 bits per heavy atom. The lowest BCUT2D eigenvalue weighted by Crippen LogP contribution is -2.24. The van der Waals surface area contributed by atoms with Crippen molar-refractivity contribution in [3.05, 3.63) is 48.3 Å². The van der Waals surface area contributed by atoms with Gasteiger partial charge in [0.1, 0.15) is 24.3 Å². The van der Waals surface area contributed by atoms with E-state index in [4.69, 9.17) is 19.7 Å². The molecule has 2 N–H and O–H groups in total. The highest BCUT2D eigenvalue weighted by atomic mass is 19.1. The van der Waals surface area contributed by atoms with Crippen LogP contribution in [0.5, 0.6) is 5.75 Å². The second kappa shape index (κ2) is 8.16. The zero-order valence-corrected chi connectivity index (χ0v) is 14.1. The molecule has 2 aromatic carbocycles. The Balaban J connectivity index is 1.76. The van der Waals surface area contributed by atoms with E-state index in [9.17, 15) is 9.18 Å². The number of aliphatic hydroxyl groups excluding tert-OH is 2. The van der Waals surface area contributed by atoms with Crippen molar-refractivity contribution >= 4 is 11.8 Å². The first kappa shape index (κ1) is 18.2. The van der Waals surface area contributed by atoms with Crippen molar-refractivity contribution in [3.63, 3.8) is 0 Å². The van der Waals surface area contributed by atoms with Gasteiger partial charge in [-0.25, -0.2) is 9.18 Å². The van der Waals surface area contributed by atoms with Crippen LogP contribution in [0.2, 0.25) is 0 Å². The number of rotatable bonds is 7. The molecule has 1 fully saturated rings. The maximum atomic E-state index is 14.6. The number of benzene rings is 2. The average molecular weight is 361 g/mol. The molecule has 2 aromatic rings. The van der Waals surface area contributed by atoms with Crippen molar-refractivity contribution < 1.29 is 28.9 Å². The van der Waals surface area contributed by atoms with Crippen LogP contribution in [0.15, 0.2) is 42.5 Å². The molecule has 1 aliphatic rings. The third-order valence-electron chi connectivity index (χ3n) is 4.11. The van der Waals surface area contributed by atoms with E-state index in [1.807, 2.05) is 0 Å². The van der Waals surface area contributed by atoms with E-state index in [1.54, 1.807) is 36.4 Å². The standard InChI is InChI=1S/C19H20FNO5/c20-18-11-14(21-12-16(7-8-22)26-19(21)24)3-6-17(18)13-1-4-15(5-2-13)25-10-9-23/h1-6,11,16,22-23H,7-10,12H2/t16-/m0/s1. The van der Waals surface area contributed by atoms with Crippen LogP contribution >= 0.6 is 0 Å². The lowest BCUT2D eigenvalue weighted by atomic mass is 10.0. The molecule has 0 unspecified atom stereocenters. The molecule has 3 rings (SSSR count). The van der Waals surface area contributed by atoms with Gasteiger partial charge in [0.25, 0.3) is 0 Å². The summed E-state index contributed by atoms with van der Waals surface area (Å²) in [6, 6.07) is 11.4. The highest BCUT2D eigenvalue weighted by Gasteiger charge is 2.32. The molecular weight excluding hydrogens is 341 g/mol. The van der Waals surface area contributed by atoms with E-state index in [2.05, 4.69) is 0 Å². The second-order valence-corrected chi connectivity index (χ2v) is 5.89. The summed E-state index contributed by atoms with van der Waals surface area (Å²) in [6.07, 6.45) is -0.573. The zero-order chi connectivity index (χ0) is 18.5. The summed E-state index contributed by atoms with van der Waals surface area (Å²) in [5.74, 6) is 0.138. The van der Waals surface area contributed by atoms with Gasteiger partial charge in [0.05, 0.1) is 18.8 Å². The summed E-state index contributed by atoms with van der Waals surface area (Å²) in [6.45, 7) is 0.341. The first-order valence-corrected chi connectivity index (χ1v) is 8.35. The third kappa shape index (κ3) is 3.95. The molecule has 0 aromatic heterocycles. The van der Waals surface area contributed by atoms with Gasteiger partial charge in [0, 0.05) is 18.6 Å². The molecule has 1 heterocycles. The number of aliphatic hydroxyl groups is 2. The Labute approximate surface area is 150 Å². The minimum absolute atomic E-state index is 0.0723. The molecule has 1 amide bonds. The van der Waals surface area contributed by atoms with Gasteiger partial charge in [-0.3, -0.25) is 4.90 Å². The maximum Gasteiger partial charge on any atom is 0.414 e. The van der Waals surface area contributed by atoms with Crippen molar-refractivity contribution in [2.45, 2.75) is 12.5 Å². The van der Waals surface area contributed by atoms with Crippen LogP contribution in [0.25, 0.3) is 11.1 Å². The van der Waals surface area contributed by atoms with Gasteiger partial charge in [0.15, 0.2) is 0 Å². The Bertz CT molecular complexity index is 765. The quantitative estimate of drug-likeness (QED) is 0.792. The number of hydrogen-bond donors (Lipinski definition) is 2. The molecule has 1 aliphatic heterocycles. The Kier molecular flexibility index (Phi) is 5.70. The zero-order valence-electron chi connectivity index (χ0n) is 14.1. The smallest absolute Gasteiger partial charge is 0.414 e. The molecule has 1 saturated heterocycles. The first-order chi connectivity index (χ1) is 12.6. The van der Waals surface area contributed by atoms with Crippen molar-refractivity contribution in [1.82, 2.24) is 0 Å². The van der Waals surface area contributed by atoms with E-state index in [-0.39, 0.29) is 32.5 Å². The molecule has 138 valence electrons. The molecule has 0 saturated carbocycles. The summed E-state index contributed by atoms with van der Waals surface area (Å²) in [5.41, 5.74) is 1.49. The van der Waals surface area contributed by atoms with Crippen LogP contribution in [-0.2, 0) is 4.74 Å². The van der Waals surface area contributed by atoms with Gasteiger partial charge in [-0.1, -0.05) is 12.1 Å². The van der Waals surface area contributed by atoms with Gasteiger partial charge < -0.3 is 19.7 Å². The lowest BCUT2D eigenvalue weighted by molar-refractivity contribution is 0.122. The molecular formula is C19H20FNO5. The number of anilines is 1. The Hall–Kier alpha value is -2.64. The average Bonchev–Trinajstić information content (AvgIpc) is 3.01. The number of carbonyl (C=O) groups is 1. The fourth-order valence-corrected chi connectivity index (χ4v) is 2.83. The molecule has 0 bridgehead atoms. The van der Waals surface area contributed by atoms with Gasteiger partial charge in [-0.05, 0) is 35.9 Å². The predicted molar refractivity (Wildman–Crippen MR) is 93.7 cm³/mol. The largest absolute Gasteiger partial charge is 0.491 e. The van der Waals surface area contributed by atoms with E-state index in [0.717, 1.165) is 0 Å². The van der Waals surface area contributed by atoms with Crippen molar-refractivity contribution in [1.29, 1.82) is 0 Å². The van der Waals surface area contributed by atoms with Gasteiger partial charge in [-0.2, -0.15) is 0 Å². The first-order valence-electron chi connectivity index (χ1n) is 8.35. The minimum Gasteiger partial charge on any atom is -0.491 e. The number of carbonyl (C=O) groups excluding carboxylic acids is 1. The van der Waals surface area contributed by atoms with Crippen LogP contribution in [0.3, 0.4) is 0 Å². The Morgan fingerprint density at radius 2 is 1.92 bits per heavy atom. The highest BCUT2D eigenvalue weighted by Crippen LogP contribution is 2.30. The fraction of sp³-hybridized carbons (Fsp3) is 0.316. The van der Waals surface area contributed by atoms with Gasteiger partial charge in [-0.15, -0.1) is 0 Å². The monoisotopic (exact) mass is 361 g/mol. The minimum atomic E-state index is -0.541. The number of ether oxygens (including phenoxy) is 2. The van der Waals surface area contributed by atoms with Crippen molar-refractivity contribution in [2.75, 3.05) is 31.3 Å². The molecule has 6 nitrogen and oxygen atoms in total. The fourth-order valence-electron chi connectivity index (χ4n) is 2.83. The summed E-state index contributed by atoms with van der Waals surface area (Å²) >= 11 is 0. The van der Waals surface area contributed by atoms with Crippen molar-refractivity contribution in [3.8, 4) is 16.9 Å². The highest BCUT2D eigenvalue weighted by molar-refractivity contribution is 5.90. The molecule has 0 spiro atoms. The van der Waals surface area contributed by atoms with E-state index in [0.29, 0.717) is 29.0 Å². The van der Waals surface area contributed by atoms with E-state index >= 15 is 0 Å². The molecule has 0 radical (unpaired) electrons. The third-order valence-corrected chi connectivity index (χ3v) is 4.11. The summed E-state index contributed by atoms with van der Waals surface area (Å²) in [7, 11) is 0. The van der Waals surface area contributed by atoms with Crippen LogP contribution in [0.4, 0.5) is 14.9 Å². The maximum absolute atomic E-state index is 14.6. The summed E-state index contributed by atoms with van der Waals surface area (Å²) in [5, 5.41) is 17.7. The van der Waals surface area contributed by atoms with Crippen LogP contribution < -0.4 is 9.64 Å². The number of cyclic esters (lactones) is 1. The van der Waals surface area contributed by atoms with Gasteiger partial charge >= 0.3 is 6.09 Å². The lowest BCUT2D eigenvalue weighted by Gasteiger charge is -2.14. The summed E-state index contributed by atoms with van der Waals surface area (Å²) in [4.78, 5) is 13.3. The number of nitrogens with zero attached hydrogens (tertiary/aromatic N) is 1. The molecule has 26 heavy (non-hydrogen) atoms. The van der Waals surface area contributed by atoms with Gasteiger partial charge in [0.2, 0.25) is 0 Å². The number of amides is 1. The topological polar surface area (TPSA) is 79.2 Å². The second-order valence-electron chi connectivity index (χ2n) is 5.89. The molecule has 0 aliphatic carbocycles. The van der Waals surface area contributed by atoms with Crippen LogP contribution in [0, 0.1) is 5.82 Å². The SMILES string of the molecule is O=C1O[C@@H](CCO)CN1c1ccc(-c2ccc(OCCO)cc2)c(F)c1. The number of halogens is 1. The van der Waals surface area contributed by atoms with E-state index in [1.165, 1.54) is 11.0 Å². The molecule has 1 atom stereocenters. The normalized spacial score (nSPS) is 16.7.